The number of benzene rings is 1. The van der Waals surface area contributed by atoms with Gasteiger partial charge in [-0.3, -0.25) is 0 Å². The van der Waals surface area contributed by atoms with Gasteiger partial charge in [-0.2, -0.15) is 11.8 Å². The Balaban J connectivity index is 0.00000196. The first-order chi connectivity index (χ1) is 6.38. The molecule has 8 heteroatoms. The Kier molecular flexibility index (Phi) is 6.85. The predicted molar refractivity (Wildman–Crippen MR) is 50.6 cm³/mol. The Morgan fingerprint density at radius 1 is 1.27 bits per heavy atom. The normalized spacial score (nSPS) is 10.9. The summed E-state index contributed by atoms with van der Waals surface area (Å²) >= 11 is 0.557. The number of rotatable bonds is 3. The molecule has 0 aliphatic carbocycles. The van der Waals surface area contributed by atoms with Gasteiger partial charge in [0.05, 0.1) is 5.69 Å². The Bertz CT molecular complexity index is 333. The van der Waals surface area contributed by atoms with Crippen LogP contribution >= 0.6 is 11.8 Å². The summed E-state index contributed by atoms with van der Waals surface area (Å²) in [5.74, 6) is -0.690. The first-order valence-electron chi connectivity index (χ1n) is 3.77. The number of thioether (sulfide) groups is 1. The van der Waals surface area contributed by atoms with Crippen molar-refractivity contribution in [1.29, 1.82) is 0 Å². The van der Waals surface area contributed by atoms with Gasteiger partial charge in [0.1, 0.15) is 5.82 Å². The van der Waals surface area contributed by atoms with Crippen LogP contribution in [0, 0.1) is 5.82 Å². The van der Waals surface area contributed by atoms with Gasteiger partial charge in [0, 0.05) is 4.90 Å². The molecule has 0 aliphatic heterocycles. The number of halogens is 4. The van der Waals surface area contributed by atoms with Crippen molar-refractivity contribution < 1.29 is 68.7 Å². The average Bonchev–Trinajstić information content (AvgIpc) is 2.06. The third kappa shape index (κ3) is 6.18. The summed E-state index contributed by atoms with van der Waals surface area (Å²) in [6, 6.07) is 3.62. The van der Waals surface area contributed by atoms with Gasteiger partial charge in [0.2, 0.25) is 0 Å². The Labute approximate surface area is 132 Å². The summed E-state index contributed by atoms with van der Waals surface area (Å²) in [5, 5.41) is 0. The van der Waals surface area contributed by atoms with Crippen LogP contribution in [0.5, 0.6) is 0 Å². The molecule has 0 saturated carbocycles. The maximum Gasteiger partial charge on any atom is 1.00 e. The molecule has 2 N–H and O–H groups in total. The first-order valence-corrected chi connectivity index (χ1v) is 4.76. The molecule has 1 nitrogen and oxygen atoms in total. The average molecular weight is 263 g/mol. The van der Waals surface area contributed by atoms with Crippen LogP contribution in [0.3, 0.4) is 0 Å². The van der Waals surface area contributed by atoms with Crippen LogP contribution in [-0.2, 0) is 0 Å². The minimum absolute atomic E-state index is 0. The van der Waals surface area contributed by atoms with E-state index in [4.69, 9.17) is 5.73 Å². The zero-order valence-electron chi connectivity index (χ0n) is 8.01. The van der Waals surface area contributed by atoms with E-state index in [1.165, 1.54) is 12.1 Å². The second-order valence-corrected chi connectivity index (χ2v) is 3.80. The molecule has 0 aromatic heterocycles. The standard InChI is InChI=1S/C7H7BF4NS.K/c9-6-3-5(1-2-7(6)13)14-4-8(10,11)12;/h1-3H,4,13H2;/q-1;+1. The predicted octanol–water partition coefficient (Wildman–Crippen LogP) is -0.109. The number of hydrogen-bond acceptors (Lipinski definition) is 2. The Morgan fingerprint density at radius 2 is 1.87 bits per heavy atom. The minimum atomic E-state index is -4.84. The van der Waals surface area contributed by atoms with Crippen molar-refractivity contribution in [3.8, 4) is 0 Å². The molecule has 0 heterocycles. The van der Waals surface area contributed by atoms with E-state index in [-0.39, 0.29) is 62.0 Å². The second-order valence-electron chi connectivity index (χ2n) is 2.70. The van der Waals surface area contributed by atoms with Gasteiger partial charge in [0.15, 0.2) is 0 Å². The van der Waals surface area contributed by atoms with Crippen molar-refractivity contribution in [2.45, 2.75) is 4.90 Å². The molecule has 1 aromatic rings. The zero-order chi connectivity index (χ0) is 10.8. The third-order valence-corrected chi connectivity index (χ3v) is 2.54. The second kappa shape index (κ2) is 6.51. The number of anilines is 1. The van der Waals surface area contributed by atoms with Crippen molar-refractivity contribution in [2.24, 2.45) is 0 Å². The quantitative estimate of drug-likeness (QED) is 0.356. The molecule has 0 fully saturated rings. The van der Waals surface area contributed by atoms with Gasteiger partial charge in [-0.25, -0.2) is 4.39 Å². The fraction of sp³-hybridized carbons (Fsp3) is 0.143. The third-order valence-electron chi connectivity index (χ3n) is 1.41. The van der Waals surface area contributed by atoms with Crippen LogP contribution in [-0.4, -0.2) is 12.6 Å². The van der Waals surface area contributed by atoms with Gasteiger partial charge < -0.3 is 18.7 Å². The molecule has 0 aliphatic rings. The molecule has 0 bridgehead atoms. The van der Waals surface area contributed by atoms with E-state index >= 15 is 0 Å². The monoisotopic (exact) mass is 263 g/mol. The molecule has 0 unspecified atom stereocenters. The summed E-state index contributed by atoms with van der Waals surface area (Å²) in [7, 11) is 0. The molecule has 0 radical (unpaired) electrons. The van der Waals surface area contributed by atoms with Gasteiger partial charge in [-0.05, 0) is 23.9 Å². The van der Waals surface area contributed by atoms with Crippen molar-refractivity contribution in [3.63, 3.8) is 0 Å². The SMILES string of the molecule is Nc1ccc(SC[B-](F)(F)F)cc1F.[K+]. The van der Waals surface area contributed by atoms with Gasteiger partial charge >= 0.3 is 58.4 Å². The smallest absolute Gasteiger partial charge is 0.448 e. The summed E-state index contributed by atoms with van der Waals surface area (Å²) in [6.45, 7) is -4.84. The van der Waals surface area contributed by atoms with Crippen molar-refractivity contribution >= 4 is 24.4 Å². The van der Waals surface area contributed by atoms with Crippen molar-refractivity contribution in [1.82, 2.24) is 0 Å². The summed E-state index contributed by atoms with van der Waals surface area (Å²) in [6.07, 6.45) is 0. The molecule has 15 heavy (non-hydrogen) atoms. The van der Waals surface area contributed by atoms with Crippen LogP contribution in [0.15, 0.2) is 23.1 Å². The maximum absolute atomic E-state index is 12.8. The first kappa shape index (κ1) is 15.8. The number of nitrogen functional groups attached to an aromatic ring is 1. The van der Waals surface area contributed by atoms with E-state index in [0.29, 0.717) is 11.8 Å². The molecule has 0 amide bonds. The fourth-order valence-electron chi connectivity index (χ4n) is 0.788. The zero-order valence-corrected chi connectivity index (χ0v) is 12.0. The topological polar surface area (TPSA) is 26.0 Å². The fourth-order valence-corrected chi connectivity index (χ4v) is 1.52. The Morgan fingerprint density at radius 3 is 2.33 bits per heavy atom. The van der Waals surface area contributed by atoms with E-state index in [9.17, 15) is 17.3 Å². The van der Waals surface area contributed by atoms with Crippen LogP contribution in [0.4, 0.5) is 23.0 Å². The van der Waals surface area contributed by atoms with E-state index in [0.717, 1.165) is 6.07 Å². The summed E-state index contributed by atoms with van der Waals surface area (Å²) < 4.78 is 48.3. The Hall–Kier alpha value is 0.791. The van der Waals surface area contributed by atoms with Crippen LogP contribution in [0.1, 0.15) is 0 Å². The largest absolute Gasteiger partial charge is 1.00 e. The molecule has 78 valence electrons. The van der Waals surface area contributed by atoms with E-state index in [1.807, 2.05) is 0 Å². The molecule has 1 aromatic carbocycles. The minimum Gasteiger partial charge on any atom is -0.448 e. The number of nitrogens with two attached hydrogens (primary N) is 1. The maximum atomic E-state index is 12.8. The van der Waals surface area contributed by atoms with E-state index < -0.39 is 18.4 Å². The number of hydrogen-bond donors (Lipinski definition) is 1. The van der Waals surface area contributed by atoms with Gasteiger partial charge in [-0.15, -0.1) is 0 Å². The van der Waals surface area contributed by atoms with Gasteiger partial charge in [-0.1, -0.05) is 0 Å². The van der Waals surface area contributed by atoms with E-state index in [1.54, 1.807) is 0 Å². The van der Waals surface area contributed by atoms with E-state index in [2.05, 4.69) is 0 Å². The molecular weight excluding hydrogens is 256 g/mol. The summed E-state index contributed by atoms with van der Waals surface area (Å²) in [5.41, 5.74) is 4.14. The van der Waals surface area contributed by atoms with Crippen molar-refractivity contribution in [3.05, 3.63) is 24.0 Å². The summed E-state index contributed by atoms with van der Waals surface area (Å²) in [4.78, 5) is 0.232. The molecular formula is C7H7BF4KNS. The van der Waals surface area contributed by atoms with Gasteiger partial charge in [0.25, 0.3) is 0 Å². The molecule has 1 rings (SSSR count). The molecule has 0 atom stereocenters. The van der Waals surface area contributed by atoms with Crippen LogP contribution in [0.25, 0.3) is 0 Å². The van der Waals surface area contributed by atoms with Crippen LogP contribution in [0.2, 0.25) is 0 Å². The molecule has 0 saturated heterocycles. The van der Waals surface area contributed by atoms with Crippen molar-refractivity contribution in [2.75, 3.05) is 11.4 Å². The molecule has 0 spiro atoms. The van der Waals surface area contributed by atoms with Crippen LogP contribution < -0.4 is 57.1 Å².